The normalized spacial score (nSPS) is 10.6. The lowest BCUT2D eigenvalue weighted by atomic mass is 10.2. The van der Waals surface area contributed by atoms with E-state index in [1.807, 2.05) is 53.3 Å². The molecule has 0 spiro atoms. The smallest absolute Gasteiger partial charge is 0.315 e. The van der Waals surface area contributed by atoms with Crippen LogP contribution in [0.15, 0.2) is 71.9 Å². The van der Waals surface area contributed by atoms with Crippen molar-refractivity contribution in [1.82, 2.24) is 20.4 Å². The van der Waals surface area contributed by atoms with Crippen LogP contribution in [0.3, 0.4) is 0 Å². The highest BCUT2D eigenvalue weighted by molar-refractivity contribution is 7.99. The molecule has 2 aromatic carbocycles. The number of aromatic nitrogens is 2. The van der Waals surface area contributed by atoms with Crippen LogP contribution in [0.4, 0.5) is 4.79 Å². The van der Waals surface area contributed by atoms with E-state index in [1.165, 1.54) is 5.56 Å². The van der Waals surface area contributed by atoms with E-state index in [1.54, 1.807) is 18.0 Å². The molecule has 5 nitrogen and oxygen atoms in total. The van der Waals surface area contributed by atoms with Gasteiger partial charge in [0.25, 0.3) is 0 Å². The molecular formula is C20H21ClN4OS. The van der Waals surface area contributed by atoms with Crippen molar-refractivity contribution < 1.29 is 4.79 Å². The quantitative estimate of drug-likeness (QED) is 0.440. The molecule has 0 aliphatic rings. The lowest BCUT2D eigenvalue weighted by Crippen LogP contribution is -2.36. The van der Waals surface area contributed by atoms with E-state index in [0.29, 0.717) is 13.1 Å². The van der Waals surface area contributed by atoms with E-state index in [0.717, 1.165) is 27.8 Å². The lowest BCUT2D eigenvalue weighted by Gasteiger charge is -2.07. The molecule has 2 N–H and O–H groups in total. The van der Waals surface area contributed by atoms with Crippen LogP contribution >= 0.6 is 23.4 Å². The zero-order chi connectivity index (χ0) is 18.9. The molecule has 1 aromatic heterocycles. The molecule has 0 aliphatic carbocycles. The maximum atomic E-state index is 11.9. The van der Waals surface area contributed by atoms with E-state index < -0.39 is 0 Å². The Morgan fingerprint density at radius 2 is 1.81 bits per heavy atom. The molecule has 0 saturated carbocycles. The first-order chi connectivity index (χ1) is 13.2. The number of hydrogen-bond acceptors (Lipinski definition) is 3. The molecule has 1 heterocycles. The van der Waals surface area contributed by atoms with Crippen molar-refractivity contribution in [1.29, 1.82) is 0 Å². The first-order valence-electron chi connectivity index (χ1n) is 8.64. The standard InChI is InChI=1S/C20H21ClN4OS/c21-18-6-8-19(9-7-18)27-11-10-22-20(26)23-12-17-13-24-25(15-17)14-16-4-2-1-3-5-16/h1-9,13,15H,10-12,14H2,(H2,22,23,26). The average Bonchev–Trinajstić information content (AvgIpc) is 3.13. The van der Waals surface area contributed by atoms with E-state index in [9.17, 15) is 4.79 Å². The Hall–Kier alpha value is -2.44. The third kappa shape index (κ3) is 6.66. The summed E-state index contributed by atoms with van der Waals surface area (Å²) in [6.07, 6.45) is 3.73. The molecule has 7 heteroatoms. The Morgan fingerprint density at radius 3 is 2.59 bits per heavy atom. The van der Waals surface area contributed by atoms with Gasteiger partial charge in [0.1, 0.15) is 0 Å². The van der Waals surface area contributed by atoms with Gasteiger partial charge in [0.2, 0.25) is 0 Å². The van der Waals surface area contributed by atoms with Gasteiger partial charge < -0.3 is 10.6 Å². The van der Waals surface area contributed by atoms with Crippen LogP contribution in [-0.2, 0) is 13.1 Å². The molecular weight excluding hydrogens is 380 g/mol. The highest BCUT2D eigenvalue weighted by atomic mass is 35.5. The first-order valence-corrected chi connectivity index (χ1v) is 10.0. The summed E-state index contributed by atoms with van der Waals surface area (Å²) in [6.45, 7) is 1.76. The van der Waals surface area contributed by atoms with Gasteiger partial charge in [-0.1, -0.05) is 41.9 Å². The zero-order valence-corrected chi connectivity index (χ0v) is 16.3. The molecule has 0 unspecified atom stereocenters. The molecule has 0 saturated heterocycles. The van der Waals surface area contributed by atoms with Gasteiger partial charge in [-0.2, -0.15) is 5.10 Å². The number of rotatable bonds is 8. The topological polar surface area (TPSA) is 59.0 Å². The third-order valence-electron chi connectivity index (χ3n) is 3.80. The van der Waals surface area contributed by atoms with Gasteiger partial charge in [0.05, 0.1) is 12.7 Å². The molecule has 27 heavy (non-hydrogen) atoms. The molecule has 3 aromatic rings. The van der Waals surface area contributed by atoms with Crippen molar-refractivity contribution in [3.8, 4) is 0 Å². The summed E-state index contributed by atoms with van der Waals surface area (Å²) < 4.78 is 1.87. The van der Waals surface area contributed by atoms with E-state index in [4.69, 9.17) is 11.6 Å². The maximum Gasteiger partial charge on any atom is 0.315 e. The lowest BCUT2D eigenvalue weighted by molar-refractivity contribution is 0.241. The third-order valence-corrected chi connectivity index (χ3v) is 5.06. The van der Waals surface area contributed by atoms with Crippen molar-refractivity contribution in [2.45, 2.75) is 18.0 Å². The van der Waals surface area contributed by atoms with Crippen molar-refractivity contribution in [3.63, 3.8) is 0 Å². The van der Waals surface area contributed by atoms with Crippen molar-refractivity contribution in [2.24, 2.45) is 0 Å². The number of urea groups is 1. The van der Waals surface area contributed by atoms with Crippen LogP contribution in [0.25, 0.3) is 0 Å². The molecule has 140 valence electrons. The van der Waals surface area contributed by atoms with Crippen molar-refractivity contribution in [2.75, 3.05) is 12.3 Å². The van der Waals surface area contributed by atoms with Crippen LogP contribution in [0.5, 0.6) is 0 Å². The molecule has 3 rings (SSSR count). The second-order valence-electron chi connectivity index (χ2n) is 5.94. The van der Waals surface area contributed by atoms with Gasteiger partial charge in [-0.3, -0.25) is 4.68 Å². The van der Waals surface area contributed by atoms with E-state index >= 15 is 0 Å². The Labute approximate surface area is 168 Å². The van der Waals surface area contributed by atoms with Crippen LogP contribution in [0, 0.1) is 0 Å². The number of benzene rings is 2. The number of carbonyl (C=O) groups is 1. The van der Waals surface area contributed by atoms with Crippen molar-refractivity contribution >= 4 is 29.4 Å². The summed E-state index contributed by atoms with van der Waals surface area (Å²) in [4.78, 5) is 13.0. The maximum absolute atomic E-state index is 11.9. The summed E-state index contributed by atoms with van der Waals surface area (Å²) in [5, 5.41) is 10.8. The zero-order valence-electron chi connectivity index (χ0n) is 14.8. The van der Waals surface area contributed by atoms with Gasteiger partial charge in [-0.05, 0) is 29.8 Å². The second kappa shape index (κ2) is 10.0. The minimum absolute atomic E-state index is 0.178. The highest BCUT2D eigenvalue weighted by Crippen LogP contribution is 2.19. The Balaban J connectivity index is 1.34. The minimum atomic E-state index is -0.178. The average molecular weight is 401 g/mol. The van der Waals surface area contributed by atoms with Crippen LogP contribution in [0.2, 0.25) is 5.02 Å². The van der Waals surface area contributed by atoms with Gasteiger partial charge >= 0.3 is 6.03 Å². The fourth-order valence-electron chi connectivity index (χ4n) is 2.46. The Morgan fingerprint density at radius 1 is 1.04 bits per heavy atom. The highest BCUT2D eigenvalue weighted by Gasteiger charge is 2.03. The Kier molecular flexibility index (Phi) is 7.19. The number of carbonyl (C=O) groups excluding carboxylic acids is 1. The molecule has 2 amide bonds. The number of thioether (sulfide) groups is 1. The van der Waals surface area contributed by atoms with Crippen LogP contribution < -0.4 is 10.6 Å². The predicted molar refractivity (Wildman–Crippen MR) is 110 cm³/mol. The first kappa shape index (κ1) is 19.3. The number of amides is 2. The monoisotopic (exact) mass is 400 g/mol. The van der Waals surface area contributed by atoms with Gasteiger partial charge in [0, 0.05) is 40.5 Å². The second-order valence-corrected chi connectivity index (χ2v) is 7.55. The van der Waals surface area contributed by atoms with Crippen molar-refractivity contribution in [3.05, 3.63) is 83.1 Å². The van der Waals surface area contributed by atoms with Gasteiger partial charge in [-0.15, -0.1) is 11.8 Å². The fraction of sp³-hybridized carbons (Fsp3) is 0.200. The molecule has 0 radical (unpaired) electrons. The predicted octanol–water partition coefficient (Wildman–Crippen LogP) is 4.18. The van der Waals surface area contributed by atoms with E-state index in [-0.39, 0.29) is 6.03 Å². The Bertz CT molecular complexity index is 852. The van der Waals surface area contributed by atoms with Crippen LogP contribution in [-0.4, -0.2) is 28.1 Å². The fourth-order valence-corrected chi connectivity index (χ4v) is 3.36. The van der Waals surface area contributed by atoms with Crippen LogP contribution in [0.1, 0.15) is 11.1 Å². The number of nitrogens with one attached hydrogen (secondary N) is 2. The number of halogens is 1. The van der Waals surface area contributed by atoms with Gasteiger partial charge in [-0.25, -0.2) is 4.79 Å². The summed E-state index contributed by atoms with van der Waals surface area (Å²) in [5.41, 5.74) is 2.16. The summed E-state index contributed by atoms with van der Waals surface area (Å²) in [7, 11) is 0. The minimum Gasteiger partial charge on any atom is -0.337 e. The molecule has 0 atom stereocenters. The van der Waals surface area contributed by atoms with E-state index in [2.05, 4.69) is 27.9 Å². The number of nitrogens with zero attached hydrogens (tertiary/aromatic N) is 2. The van der Waals surface area contributed by atoms with Gasteiger partial charge in [0.15, 0.2) is 0 Å². The summed E-state index contributed by atoms with van der Waals surface area (Å²) in [6, 6.07) is 17.6. The summed E-state index contributed by atoms with van der Waals surface area (Å²) >= 11 is 7.54. The largest absolute Gasteiger partial charge is 0.337 e. The molecule has 0 bridgehead atoms. The number of hydrogen-bond donors (Lipinski definition) is 2. The molecule has 0 aliphatic heterocycles. The SMILES string of the molecule is O=C(NCCSc1ccc(Cl)cc1)NCc1cnn(Cc2ccccc2)c1. The summed E-state index contributed by atoms with van der Waals surface area (Å²) in [5.74, 6) is 0.796. The molecule has 0 fully saturated rings.